The summed E-state index contributed by atoms with van der Waals surface area (Å²) >= 11 is 0. The normalized spacial score (nSPS) is 23.4. The van der Waals surface area contributed by atoms with Gasteiger partial charge in [0.2, 0.25) is 0 Å². The molecule has 0 saturated heterocycles. The maximum atomic E-state index is 5.78. The smallest absolute Gasteiger partial charge is 0.123 e. The van der Waals surface area contributed by atoms with E-state index in [9.17, 15) is 0 Å². The van der Waals surface area contributed by atoms with Crippen molar-refractivity contribution in [1.29, 1.82) is 0 Å². The Morgan fingerprint density at radius 1 is 1.47 bits per heavy atom. The number of rotatable bonds is 3. The third-order valence-corrected chi connectivity index (χ3v) is 2.92. The first-order valence-electron chi connectivity index (χ1n) is 5.25. The zero-order valence-corrected chi connectivity index (χ0v) is 9.41. The molecular formula is C12H17NO2. The molecule has 2 rings (SSSR count). The molecule has 1 aliphatic rings. The van der Waals surface area contributed by atoms with E-state index in [4.69, 9.17) is 9.47 Å². The lowest BCUT2D eigenvalue weighted by Crippen LogP contribution is -2.24. The highest BCUT2D eigenvalue weighted by Gasteiger charge is 2.30. The fourth-order valence-corrected chi connectivity index (χ4v) is 2.08. The monoisotopic (exact) mass is 207 g/mol. The van der Waals surface area contributed by atoms with Gasteiger partial charge in [-0.05, 0) is 32.2 Å². The van der Waals surface area contributed by atoms with E-state index in [0.29, 0.717) is 5.92 Å². The third kappa shape index (κ3) is 1.79. The second-order valence-corrected chi connectivity index (χ2v) is 3.89. The van der Waals surface area contributed by atoms with Crippen LogP contribution in [0.3, 0.4) is 0 Å². The largest absolute Gasteiger partial charge is 0.497 e. The van der Waals surface area contributed by atoms with Crippen molar-refractivity contribution in [2.45, 2.75) is 18.9 Å². The van der Waals surface area contributed by atoms with Crippen molar-refractivity contribution < 1.29 is 9.47 Å². The van der Waals surface area contributed by atoms with E-state index in [2.05, 4.69) is 18.3 Å². The molecule has 1 N–H and O–H groups in total. The summed E-state index contributed by atoms with van der Waals surface area (Å²) in [6, 6.07) is 5.99. The molecular weight excluding hydrogens is 190 g/mol. The Morgan fingerprint density at radius 3 is 2.93 bits per heavy atom. The van der Waals surface area contributed by atoms with Gasteiger partial charge in [-0.1, -0.05) is 0 Å². The van der Waals surface area contributed by atoms with Crippen molar-refractivity contribution in [2.24, 2.45) is 0 Å². The van der Waals surface area contributed by atoms with Crippen LogP contribution in [-0.4, -0.2) is 26.8 Å². The first-order chi connectivity index (χ1) is 7.26. The van der Waals surface area contributed by atoms with Gasteiger partial charge in [-0.25, -0.2) is 0 Å². The van der Waals surface area contributed by atoms with E-state index in [1.807, 2.05) is 19.2 Å². The summed E-state index contributed by atoms with van der Waals surface area (Å²) in [4.78, 5) is 0. The van der Waals surface area contributed by atoms with Crippen molar-refractivity contribution in [2.75, 3.05) is 20.7 Å². The number of methoxy groups -OCH3 is 1. The molecule has 0 aromatic heterocycles. The minimum Gasteiger partial charge on any atom is -0.497 e. The SMILES string of the molecule is CNCC1c2cc(OC)ccc2OC1C. The van der Waals surface area contributed by atoms with Gasteiger partial charge in [-0.15, -0.1) is 0 Å². The average molecular weight is 207 g/mol. The van der Waals surface area contributed by atoms with E-state index in [1.54, 1.807) is 7.11 Å². The van der Waals surface area contributed by atoms with Crippen molar-refractivity contribution in [3.63, 3.8) is 0 Å². The fraction of sp³-hybridized carbons (Fsp3) is 0.500. The molecule has 0 radical (unpaired) electrons. The number of benzene rings is 1. The Morgan fingerprint density at radius 2 is 2.27 bits per heavy atom. The lowest BCUT2D eigenvalue weighted by atomic mass is 9.96. The summed E-state index contributed by atoms with van der Waals surface area (Å²) in [6.45, 7) is 3.04. The first-order valence-corrected chi connectivity index (χ1v) is 5.25. The van der Waals surface area contributed by atoms with Crippen LogP contribution in [0.2, 0.25) is 0 Å². The van der Waals surface area contributed by atoms with Crippen LogP contribution in [-0.2, 0) is 0 Å². The lowest BCUT2D eigenvalue weighted by molar-refractivity contribution is 0.225. The quantitative estimate of drug-likeness (QED) is 0.819. The molecule has 1 heterocycles. The van der Waals surface area contributed by atoms with Gasteiger partial charge in [0.1, 0.15) is 17.6 Å². The minimum atomic E-state index is 0.236. The van der Waals surface area contributed by atoms with Crippen LogP contribution in [0.15, 0.2) is 18.2 Å². The summed E-state index contributed by atoms with van der Waals surface area (Å²) in [5.41, 5.74) is 1.25. The molecule has 0 bridgehead atoms. The number of fused-ring (bicyclic) bond motifs is 1. The molecule has 0 aliphatic carbocycles. The molecule has 0 amide bonds. The zero-order chi connectivity index (χ0) is 10.8. The van der Waals surface area contributed by atoms with E-state index in [0.717, 1.165) is 18.0 Å². The average Bonchev–Trinajstić information content (AvgIpc) is 2.55. The molecule has 15 heavy (non-hydrogen) atoms. The Hall–Kier alpha value is -1.22. The number of hydrogen-bond donors (Lipinski definition) is 1. The Bertz CT molecular complexity index is 351. The van der Waals surface area contributed by atoms with Crippen molar-refractivity contribution in [3.05, 3.63) is 23.8 Å². The van der Waals surface area contributed by atoms with E-state index >= 15 is 0 Å². The molecule has 3 heteroatoms. The Kier molecular flexibility index (Phi) is 2.82. The predicted molar refractivity (Wildman–Crippen MR) is 59.8 cm³/mol. The van der Waals surface area contributed by atoms with Gasteiger partial charge >= 0.3 is 0 Å². The molecule has 0 saturated carbocycles. The Labute approximate surface area is 90.4 Å². The number of hydrogen-bond acceptors (Lipinski definition) is 3. The molecule has 1 aromatic rings. The van der Waals surface area contributed by atoms with Gasteiger partial charge < -0.3 is 14.8 Å². The molecule has 2 unspecified atom stereocenters. The van der Waals surface area contributed by atoms with Gasteiger partial charge in [0, 0.05) is 18.0 Å². The molecule has 0 fully saturated rings. The van der Waals surface area contributed by atoms with Gasteiger partial charge in [0.05, 0.1) is 7.11 Å². The molecule has 3 nitrogen and oxygen atoms in total. The predicted octanol–water partition coefficient (Wildman–Crippen LogP) is 1.78. The highest BCUT2D eigenvalue weighted by molar-refractivity contribution is 5.46. The summed E-state index contributed by atoms with van der Waals surface area (Å²) in [5, 5.41) is 3.20. The van der Waals surface area contributed by atoms with Crippen LogP contribution in [0.5, 0.6) is 11.5 Å². The molecule has 2 atom stereocenters. The molecule has 82 valence electrons. The van der Waals surface area contributed by atoms with Gasteiger partial charge in [0.15, 0.2) is 0 Å². The van der Waals surface area contributed by atoms with Crippen LogP contribution in [0.25, 0.3) is 0 Å². The van der Waals surface area contributed by atoms with Gasteiger partial charge in [-0.2, -0.15) is 0 Å². The Balaban J connectivity index is 2.32. The summed E-state index contributed by atoms with van der Waals surface area (Å²) < 4.78 is 11.0. The van der Waals surface area contributed by atoms with Crippen LogP contribution >= 0.6 is 0 Å². The van der Waals surface area contributed by atoms with Crippen LogP contribution in [0.1, 0.15) is 18.4 Å². The lowest BCUT2D eigenvalue weighted by Gasteiger charge is -2.13. The van der Waals surface area contributed by atoms with Crippen molar-refractivity contribution in [1.82, 2.24) is 5.32 Å². The molecule has 1 aromatic carbocycles. The van der Waals surface area contributed by atoms with Crippen LogP contribution in [0.4, 0.5) is 0 Å². The highest BCUT2D eigenvalue weighted by Crippen LogP contribution is 2.39. The van der Waals surface area contributed by atoms with E-state index < -0.39 is 0 Å². The summed E-state index contributed by atoms with van der Waals surface area (Å²) in [6.07, 6.45) is 0.236. The minimum absolute atomic E-state index is 0.236. The van der Waals surface area contributed by atoms with Crippen LogP contribution < -0.4 is 14.8 Å². The third-order valence-electron chi connectivity index (χ3n) is 2.92. The summed E-state index contributed by atoms with van der Waals surface area (Å²) in [5.74, 6) is 2.30. The number of likely N-dealkylation sites (N-methyl/N-ethyl adjacent to an activating group) is 1. The van der Waals surface area contributed by atoms with E-state index in [-0.39, 0.29) is 6.10 Å². The number of nitrogens with one attached hydrogen (secondary N) is 1. The second-order valence-electron chi connectivity index (χ2n) is 3.89. The van der Waals surface area contributed by atoms with Gasteiger partial charge in [0.25, 0.3) is 0 Å². The highest BCUT2D eigenvalue weighted by atomic mass is 16.5. The standard InChI is InChI=1S/C12H17NO2/c1-8-11(7-13-2)10-6-9(14-3)4-5-12(10)15-8/h4-6,8,11,13H,7H2,1-3H3. The molecule has 0 spiro atoms. The maximum Gasteiger partial charge on any atom is 0.123 e. The van der Waals surface area contributed by atoms with Crippen LogP contribution in [0, 0.1) is 0 Å². The number of ether oxygens (including phenoxy) is 2. The zero-order valence-electron chi connectivity index (χ0n) is 9.41. The van der Waals surface area contributed by atoms with Crippen molar-refractivity contribution >= 4 is 0 Å². The summed E-state index contributed by atoms with van der Waals surface area (Å²) in [7, 11) is 3.65. The first kappa shape index (κ1) is 10.3. The van der Waals surface area contributed by atoms with E-state index in [1.165, 1.54) is 5.56 Å². The second kappa shape index (κ2) is 4.11. The van der Waals surface area contributed by atoms with Crippen molar-refractivity contribution in [3.8, 4) is 11.5 Å². The fourth-order valence-electron chi connectivity index (χ4n) is 2.08. The topological polar surface area (TPSA) is 30.5 Å². The molecule has 1 aliphatic heterocycles. The van der Waals surface area contributed by atoms with Gasteiger partial charge in [-0.3, -0.25) is 0 Å². The maximum absolute atomic E-state index is 5.78.